The van der Waals surface area contributed by atoms with Gasteiger partial charge < -0.3 is 11.1 Å². The van der Waals surface area contributed by atoms with Gasteiger partial charge in [-0.2, -0.15) is 0 Å². The monoisotopic (exact) mass is 176 g/mol. The molecule has 0 amide bonds. The Hall–Kier alpha value is -1.28. The number of nitrogens with two attached hydrogens (primary N) is 1. The number of allylic oxidation sites excluding steroid dienone is 1. The number of hydrogen-bond acceptors (Lipinski definition) is 2. The van der Waals surface area contributed by atoms with Crippen LogP contribution in [0.25, 0.3) is 0 Å². The lowest BCUT2D eigenvalue weighted by Gasteiger charge is -2.05. The lowest BCUT2D eigenvalue weighted by Crippen LogP contribution is -2.02. The number of nitrogens with one attached hydrogen (secondary N) is 1. The summed E-state index contributed by atoms with van der Waals surface area (Å²) in [5.74, 6) is 0. The predicted octanol–water partition coefficient (Wildman–Crippen LogP) is 2.13. The minimum atomic E-state index is 0.702. The van der Waals surface area contributed by atoms with Gasteiger partial charge in [0, 0.05) is 11.4 Å². The number of anilines is 1. The van der Waals surface area contributed by atoms with Crippen LogP contribution in [0, 0.1) is 0 Å². The van der Waals surface area contributed by atoms with E-state index in [4.69, 9.17) is 5.73 Å². The molecule has 1 rings (SSSR count). The van der Waals surface area contributed by atoms with Gasteiger partial charge in [-0.1, -0.05) is 18.7 Å². The van der Waals surface area contributed by atoms with Crippen molar-refractivity contribution in [3.8, 4) is 0 Å². The molecule has 0 bridgehead atoms. The molecule has 0 fully saturated rings. The van der Waals surface area contributed by atoms with E-state index in [1.165, 1.54) is 5.56 Å². The first kappa shape index (κ1) is 9.81. The van der Waals surface area contributed by atoms with Gasteiger partial charge in [-0.05, 0) is 37.6 Å². The largest absolute Gasteiger partial charge is 0.360 e. The summed E-state index contributed by atoms with van der Waals surface area (Å²) < 4.78 is 0. The molecule has 0 unspecified atom stereocenters. The fourth-order valence-electron chi connectivity index (χ4n) is 1.17. The second-order valence-electron chi connectivity index (χ2n) is 3.14. The molecular formula is C11H16N2. The summed E-state index contributed by atoms with van der Waals surface area (Å²) in [7, 11) is 0. The van der Waals surface area contributed by atoms with E-state index in [2.05, 4.69) is 24.0 Å². The van der Waals surface area contributed by atoms with E-state index in [0.717, 1.165) is 17.8 Å². The lowest BCUT2D eigenvalue weighted by molar-refractivity contribution is 0.969. The third kappa shape index (κ3) is 3.30. The minimum absolute atomic E-state index is 0.702. The Bertz CT molecular complexity index is 275. The molecule has 2 nitrogen and oxygen atoms in total. The van der Waals surface area contributed by atoms with Crippen LogP contribution in [0.5, 0.6) is 0 Å². The van der Waals surface area contributed by atoms with E-state index >= 15 is 0 Å². The van der Waals surface area contributed by atoms with Crippen molar-refractivity contribution < 1.29 is 0 Å². The van der Waals surface area contributed by atoms with Gasteiger partial charge in [0.15, 0.2) is 0 Å². The van der Waals surface area contributed by atoms with Crippen molar-refractivity contribution in [1.82, 2.24) is 0 Å². The molecule has 1 aromatic rings. The average molecular weight is 176 g/mol. The van der Waals surface area contributed by atoms with E-state index in [0.29, 0.717) is 6.54 Å². The Balaban J connectivity index is 2.64. The molecule has 0 atom stereocenters. The molecule has 0 spiro atoms. The second-order valence-corrected chi connectivity index (χ2v) is 3.14. The Labute approximate surface area is 79.5 Å². The van der Waals surface area contributed by atoms with Crippen molar-refractivity contribution in [2.24, 2.45) is 5.73 Å². The minimum Gasteiger partial charge on any atom is -0.360 e. The first-order chi connectivity index (χ1) is 6.22. The Morgan fingerprint density at radius 3 is 2.46 bits per heavy atom. The van der Waals surface area contributed by atoms with E-state index in [9.17, 15) is 0 Å². The van der Waals surface area contributed by atoms with Gasteiger partial charge in [-0.25, -0.2) is 0 Å². The van der Waals surface area contributed by atoms with Crippen LogP contribution in [-0.4, -0.2) is 6.54 Å². The Morgan fingerprint density at radius 2 is 2.00 bits per heavy atom. The van der Waals surface area contributed by atoms with Crippen LogP contribution in [0.3, 0.4) is 0 Å². The molecule has 2 heteroatoms. The van der Waals surface area contributed by atoms with Crippen LogP contribution in [0.2, 0.25) is 0 Å². The van der Waals surface area contributed by atoms with Gasteiger partial charge >= 0.3 is 0 Å². The van der Waals surface area contributed by atoms with E-state index < -0.39 is 0 Å². The molecule has 3 N–H and O–H groups in total. The zero-order valence-corrected chi connectivity index (χ0v) is 8.01. The summed E-state index contributed by atoms with van der Waals surface area (Å²) in [6.45, 7) is 6.42. The standard InChI is InChI=1S/C11H16N2/c1-9(2)13-11-5-3-10(4-6-11)7-8-12/h3-6,13H,1,7-8,12H2,2H3. The summed E-state index contributed by atoms with van der Waals surface area (Å²) in [5, 5.41) is 3.15. The summed E-state index contributed by atoms with van der Waals surface area (Å²) in [4.78, 5) is 0. The number of rotatable bonds is 4. The van der Waals surface area contributed by atoms with Crippen molar-refractivity contribution in [1.29, 1.82) is 0 Å². The van der Waals surface area contributed by atoms with Crippen LogP contribution in [0.1, 0.15) is 12.5 Å². The summed E-state index contributed by atoms with van der Waals surface area (Å²) in [6, 6.07) is 8.25. The third-order valence-corrected chi connectivity index (χ3v) is 1.74. The first-order valence-corrected chi connectivity index (χ1v) is 4.44. The average Bonchev–Trinajstić information content (AvgIpc) is 2.08. The lowest BCUT2D eigenvalue weighted by atomic mass is 10.1. The van der Waals surface area contributed by atoms with Gasteiger partial charge in [0.2, 0.25) is 0 Å². The van der Waals surface area contributed by atoms with Crippen molar-refractivity contribution >= 4 is 5.69 Å². The van der Waals surface area contributed by atoms with Gasteiger partial charge in [-0.15, -0.1) is 0 Å². The van der Waals surface area contributed by atoms with Gasteiger partial charge in [0.25, 0.3) is 0 Å². The van der Waals surface area contributed by atoms with Crippen LogP contribution in [0.15, 0.2) is 36.5 Å². The summed E-state index contributed by atoms with van der Waals surface area (Å²) in [6.07, 6.45) is 0.938. The second kappa shape index (κ2) is 4.67. The maximum absolute atomic E-state index is 5.45. The number of benzene rings is 1. The van der Waals surface area contributed by atoms with Crippen molar-refractivity contribution in [2.45, 2.75) is 13.3 Å². The zero-order valence-electron chi connectivity index (χ0n) is 8.01. The highest BCUT2D eigenvalue weighted by atomic mass is 14.9. The molecule has 0 aliphatic carbocycles. The van der Waals surface area contributed by atoms with Gasteiger partial charge in [0.1, 0.15) is 0 Å². The SMILES string of the molecule is C=C(C)Nc1ccc(CCN)cc1. The molecule has 1 aromatic carbocycles. The van der Waals surface area contributed by atoms with Gasteiger partial charge in [0.05, 0.1) is 0 Å². The number of hydrogen-bond donors (Lipinski definition) is 2. The zero-order chi connectivity index (χ0) is 9.68. The topological polar surface area (TPSA) is 38.0 Å². The van der Waals surface area contributed by atoms with Crippen LogP contribution < -0.4 is 11.1 Å². The summed E-state index contributed by atoms with van der Waals surface area (Å²) >= 11 is 0. The maximum atomic E-state index is 5.45. The van der Waals surface area contributed by atoms with Crippen LogP contribution >= 0.6 is 0 Å². The van der Waals surface area contributed by atoms with Crippen LogP contribution in [-0.2, 0) is 6.42 Å². The Kier molecular flexibility index (Phi) is 3.53. The molecule has 0 saturated heterocycles. The smallest absolute Gasteiger partial charge is 0.0381 e. The molecule has 0 aliphatic rings. The van der Waals surface area contributed by atoms with E-state index in [1.807, 2.05) is 19.1 Å². The fraction of sp³-hybridized carbons (Fsp3) is 0.273. The molecule has 0 saturated carbocycles. The first-order valence-electron chi connectivity index (χ1n) is 4.44. The van der Waals surface area contributed by atoms with Crippen molar-refractivity contribution in [3.05, 3.63) is 42.1 Å². The molecular weight excluding hydrogens is 160 g/mol. The highest BCUT2D eigenvalue weighted by Gasteiger charge is 1.92. The van der Waals surface area contributed by atoms with Crippen molar-refractivity contribution in [3.63, 3.8) is 0 Å². The Morgan fingerprint density at radius 1 is 1.38 bits per heavy atom. The third-order valence-electron chi connectivity index (χ3n) is 1.74. The molecule has 0 aliphatic heterocycles. The highest BCUT2D eigenvalue weighted by Crippen LogP contribution is 2.11. The van der Waals surface area contributed by atoms with Gasteiger partial charge in [-0.3, -0.25) is 0 Å². The van der Waals surface area contributed by atoms with Crippen molar-refractivity contribution in [2.75, 3.05) is 11.9 Å². The highest BCUT2D eigenvalue weighted by molar-refractivity contribution is 5.48. The quantitative estimate of drug-likeness (QED) is 0.737. The van der Waals surface area contributed by atoms with Crippen LogP contribution in [0.4, 0.5) is 5.69 Å². The maximum Gasteiger partial charge on any atom is 0.0381 e. The van der Waals surface area contributed by atoms with E-state index in [1.54, 1.807) is 0 Å². The predicted molar refractivity (Wildman–Crippen MR) is 57.6 cm³/mol. The molecule has 0 heterocycles. The molecule has 0 radical (unpaired) electrons. The fourth-order valence-corrected chi connectivity index (χ4v) is 1.17. The van der Waals surface area contributed by atoms with E-state index in [-0.39, 0.29) is 0 Å². The normalized spacial score (nSPS) is 9.69. The molecule has 70 valence electrons. The molecule has 13 heavy (non-hydrogen) atoms. The molecule has 0 aromatic heterocycles. The summed E-state index contributed by atoms with van der Waals surface area (Å²) in [5.41, 5.74) is 8.75.